The molecule has 1 N–H and O–H groups in total. The van der Waals surface area contributed by atoms with Gasteiger partial charge in [-0.1, -0.05) is 18.2 Å². The first-order valence-corrected chi connectivity index (χ1v) is 14.9. The van der Waals surface area contributed by atoms with E-state index in [2.05, 4.69) is 24.6 Å². The van der Waals surface area contributed by atoms with Gasteiger partial charge in [-0.2, -0.15) is 0 Å². The third-order valence-electron chi connectivity index (χ3n) is 8.25. The molecule has 6 rings (SSSR count). The Morgan fingerprint density at radius 2 is 1.76 bits per heavy atom. The Morgan fingerprint density at radius 1 is 0.976 bits per heavy atom. The van der Waals surface area contributed by atoms with Crippen molar-refractivity contribution >= 4 is 23.1 Å². The second-order valence-corrected chi connectivity index (χ2v) is 11.3. The number of fused-ring (bicyclic) bond motifs is 1. The number of nitrogens with one attached hydrogen (secondary N) is 1. The van der Waals surface area contributed by atoms with E-state index in [9.17, 15) is 9.59 Å². The van der Waals surface area contributed by atoms with Crippen molar-refractivity contribution < 1.29 is 9.59 Å². The van der Waals surface area contributed by atoms with Crippen LogP contribution in [0.15, 0.2) is 67.1 Å². The molecule has 0 bridgehead atoms. The molecule has 0 saturated carbocycles. The van der Waals surface area contributed by atoms with Gasteiger partial charge in [0.1, 0.15) is 11.6 Å². The molecule has 9 nitrogen and oxygen atoms in total. The lowest BCUT2D eigenvalue weighted by atomic mass is 10.0. The van der Waals surface area contributed by atoms with Crippen LogP contribution in [-0.4, -0.2) is 67.1 Å². The first-order chi connectivity index (χ1) is 20.5. The van der Waals surface area contributed by atoms with Crippen LogP contribution in [-0.2, 0) is 4.79 Å². The van der Waals surface area contributed by atoms with E-state index in [0.717, 1.165) is 72.8 Å². The number of hydrogen-bond donors (Lipinski definition) is 1. The molecule has 2 amide bonds. The average molecular weight is 564 g/mol. The van der Waals surface area contributed by atoms with Crippen molar-refractivity contribution in [1.29, 1.82) is 0 Å². The molecule has 2 fully saturated rings. The van der Waals surface area contributed by atoms with Gasteiger partial charge in [-0.15, -0.1) is 0 Å². The van der Waals surface area contributed by atoms with Gasteiger partial charge in [-0.3, -0.25) is 23.9 Å². The van der Waals surface area contributed by atoms with Gasteiger partial charge in [-0.05, 0) is 88.9 Å². The Kier molecular flexibility index (Phi) is 8.10. The SMILES string of the molecule is Cc1ccnc(NC(=O)c2ccc(-c3nc([C@@H]4CCCCN4C(=O)/C=C/CN4CCCC4)n4ccnc(C)c34)cc2)c1. The van der Waals surface area contributed by atoms with Crippen LogP contribution in [0, 0.1) is 13.8 Å². The molecule has 216 valence electrons. The predicted molar refractivity (Wildman–Crippen MR) is 163 cm³/mol. The van der Waals surface area contributed by atoms with Crippen LogP contribution in [0.2, 0.25) is 0 Å². The summed E-state index contributed by atoms with van der Waals surface area (Å²) in [6, 6.07) is 11.0. The number of nitrogens with zero attached hydrogens (tertiary/aromatic N) is 6. The molecule has 9 heteroatoms. The number of likely N-dealkylation sites (tertiary alicyclic amines) is 2. The second-order valence-electron chi connectivity index (χ2n) is 11.3. The Morgan fingerprint density at radius 3 is 2.55 bits per heavy atom. The van der Waals surface area contributed by atoms with Crippen LogP contribution in [0.4, 0.5) is 5.82 Å². The van der Waals surface area contributed by atoms with E-state index in [1.54, 1.807) is 30.6 Å². The van der Waals surface area contributed by atoms with Crippen molar-refractivity contribution in [3.05, 3.63) is 89.8 Å². The highest BCUT2D eigenvalue weighted by Crippen LogP contribution is 2.35. The molecule has 5 heterocycles. The van der Waals surface area contributed by atoms with Crippen LogP contribution in [0.3, 0.4) is 0 Å². The summed E-state index contributed by atoms with van der Waals surface area (Å²) >= 11 is 0. The molecular formula is C33H37N7O2. The van der Waals surface area contributed by atoms with Gasteiger partial charge in [0, 0.05) is 48.9 Å². The molecule has 2 aliphatic heterocycles. The molecule has 0 aliphatic carbocycles. The summed E-state index contributed by atoms with van der Waals surface area (Å²) in [5.41, 5.74) is 5.02. The van der Waals surface area contributed by atoms with E-state index in [-0.39, 0.29) is 17.9 Å². The van der Waals surface area contributed by atoms with Crippen LogP contribution in [0.1, 0.15) is 65.6 Å². The van der Waals surface area contributed by atoms with Gasteiger partial charge in [0.15, 0.2) is 0 Å². The molecule has 2 aliphatic rings. The number of pyridine rings is 1. The highest BCUT2D eigenvalue weighted by Gasteiger charge is 2.31. The number of aromatic nitrogens is 4. The van der Waals surface area contributed by atoms with Crippen molar-refractivity contribution in [2.45, 2.75) is 52.0 Å². The third kappa shape index (κ3) is 5.83. The fraction of sp³-hybridized carbons (Fsp3) is 0.364. The van der Waals surface area contributed by atoms with Gasteiger partial charge in [0.05, 0.1) is 22.9 Å². The second kappa shape index (κ2) is 12.2. The van der Waals surface area contributed by atoms with Gasteiger partial charge in [0.25, 0.3) is 5.91 Å². The van der Waals surface area contributed by atoms with E-state index in [0.29, 0.717) is 17.9 Å². The summed E-state index contributed by atoms with van der Waals surface area (Å²) in [6.45, 7) is 7.69. The smallest absolute Gasteiger partial charge is 0.256 e. The molecule has 1 atom stereocenters. The monoisotopic (exact) mass is 563 g/mol. The highest BCUT2D eigenvalue weighted by atomic mass is 16.2. The van der Waals surface area contributed by atoms with E-state index in [4.69, 9.17) is 4.98 Å². The standard InChI is InChI=1S/C33H37N7O2/c1-23-14-15-35-28(22-23)36-33(42)26-12-10-25(11-13-26)30-31-24(2)34-16-21-40(31)32(37-30)27-8-3-4-20-39(27)29(41)9-7-19-38-17-5-6-18-38/h7,9-16,21-22,27H,3-6,8,17-20H2,1-2H3,(H,35,36,42)/b9-7+/t27-/m0/s1. The number of benzene rings is 1. The molecule has 1 aromatic carbocycles. The van der Waals surface area contributed by atoms with E-state index >= 15 is 0 Å². The van der Waals surface area contributed by atoms with Crippen LogP contribution < -0.4 is 5.32 Å². The first-order valence-electron chi connectivity index (χ1n) is 14.9. The fourth-order valence-corrected chi connectivity index (χ4v) is 6.06. The Bertz CT molecular complexity index is 1620. The van der Waals surface area contributed by atoms with Crippen LogP contribution in [0.5, 0.6) is 0 Å². The molecule has 4 aromatic rings. The van der Waals surface area contributed by atoms with E-state index < -0.39 is 0 Å². The predicted octanol–water partition coefficient (Wildman–Crippen LogP) is 5.37. The lowest BCUT2D eigenvalue weighted by Crippen LogP contribution is -2.38. The van der Waals surface area contributed by atoms with Crippen molar-refractivity contribution in [2.24, 2.45) is 0 Å². The van der Waals surface area contributed by atoms with Crippen LogP contribution in [0.25, 0.3) is 16.8 Å². The zero-order valence-electron chi connectivity index (χ0n) is 24.3. The maximum Gasteiger partial charge on any atom is 0.256 e. The molecule has 0 unspecified atom stereocenters. The zero-order valence-corrected chi connectivity index (χ0v) is 24.3. The number of amides is 2. The summed E-state index contributed by atoms with van der Waals surface area (Å²) in [7, 11) is 0. The highest BCUT2D eigenvalue weighted by molar-refractivity contribution is 6.04. The molecular weight excluding hydrogens is 526 g/mol. The van der Waals surface area contributed by atoms with E-state index in [1.165, 1.54) is 12.8 Å². The quantitative estimate of drug-likeness (QED) is 0.304. The maximum absolute atomic E-state index is 13.4. The molecule has 0 spiro atoms. The number of hydrogen-bond acceptors (Lipinski definition) is 6. The summed E-state index contributed by atoms with van der Waals surface area (Å²) in [5, 5.41) is 2.86. The number of piperidine rings is 1. The topological polar surface area (TPSA) is 95.7 Å². The minimum Gasteiger partial charge on any atom is -0.329 e. The first kappa shape index (κ1) is 27.8. The lowest BCUT2D eigenvalue weighted by molar-refractivity contribution is -0.130. The number of aryl methyl sites for hydroxylation is 2. The summed E-state index contributed by atoms with van der Waals surface area (Å²) in [4.78, 5) is 44.6. The van der Waals surface area contributed by atoms with Crippen molar-refractivity contribution in [3.63, 3.8) is 0 Å². The largest absolute Gasteiger partial charge is 0.329 e. The van der Waals surface area contributed by atoms with Gasteiger partial charge in [0.2, 0.25) is 5.91 Å². The average Bonchev–Trinajstić information content (AvgIpc) is 3.66. The number of carbonyl (C=O) groups excluding carboxylic acids is 2. The third-order valence-corrected chi connectivity index (χ3v) is 8.25. The molecule has 2 saturated heterocycles. The molecule has 0 radical (unpaired) electrons. The summed E-state index contributed by atoms with van der Waals surface area (Å²) in [5.74, 6) is 1.19. The Balaban J connectivity index is 1.27. The summed E-state index contributed by atoms with van der Waals surface area (Å²) < 4.78 is 2.09. The number of imidazole rings is 1. The minimum atomic E-state index is -0.220. The fourth-order valence-electron chi connectivity index (χ4n) is 6.06. The summed E-state index contributed by atoms with van der Waals surface area (Å²) in [6.07, 6.45) is 14.5. The van der Waals surface area contributed by atoms with E-state index in [1.807, 2.05) is 55.3 Å². The van der Waals surface area contributed by atoms with Gasteiger partial charge in [-0.25, -0.2) is 9.97 Å². The van der Waals surface area contributed by atoms with Crippen molar-refractivity contribution in [3.8, 4) is 11.3 Å². The number of anilines is 1. The van der Waals surface area contributed by atoms with Crippen molar-refractivity contribution in [2.75, 3.05) is 31.5 Å². The van der Waals surface area contributed by atoms with Gasteiger partial charge < -0.3 is 10.2 Å². The normalized spacial score (nSPS) is 17.8. The Labute approximate surface area is 246 Å². The zero-order chi connectivity index (χ0) is 29.1. The lowest BCUT2D eigenvalue weighted by Gasteiger charge is -2.34. The van der Waals surface area contributed by atoms with Crippen molar-refractivity contribution in [1.82, 2.24) is 29.2 Å². The van der Waals surface area contributed by atoms with Crippen LogP contribution >= 0.6 is 0 Å². The Hall–Kier alpha value is -4.37. The molecule has 3 aromatic heterocycles. The maximum atomic E-state index is 13.4. The number of rotatable bonds is 7. The van der Waals surface area contributed by atoms with Gasteiger partial charge >= 0.3 is 0 Å². The number of carbonyl (C=O) groups is 2. The molecule has 42 heavy (non-hydrogen) atoms. The minimum absolute atomic E-state index is 0.0430.